The van der Waals surface area contributed by atoms with Crippen molar-refractivity contribution in [1.29, 1.82) is 0 Å². The van der Waals surface area contributed by atoms with Crippen molar-refractivity contribution in [3.05, 3.63) is 30.1 Å². The molecule has 1 aliphatic rings. The van der Waals surface area contributed by atoms with E-state index in [0.29, 0.717) is 24.7 Å². The van der Waals surface area contributed by atoms with Crippen LogP contribution in [-0.4, -0.2) is 24.1 Å². The highest BCUT2D eigenvalue weighted by molar-refractivity contribution is 5.89. The molecule has 0 radical (unpaired) electrons. The topological polar surface area (TPSA) is 49.6 Å². The van der Waals surface area contributed by atoms with Gasteiger partial charge in [0.15, 0.2) is 0 Å². The van der Waals surface area contributed by atoms with Gasteiger partial charge in [0.25, 0.3) is 0 Å². The molecular weight excluding hydrogens is 257 g/mol. The highest BCUT2D eigenvalue weighted by atomic mass is 19.1. The zero-order valence-electron chi connectivity index (χ0n) is 11.3. The number of hydrogen-bond donors (Lipinski definition) is 1. The Morgan fingerprint density at radius 3 is 2.50 bits per heavy atom. The minimum atomic E-state index is -0.563. The second-order valence-corrected chi connectivity index (χ2v) is 4.93. The highest BCUT2D eigenvalue weighted by Gasteiger charge is 2.26. The molecule has 20 heavy (non-hydrogen) atoms. The summed E-state index contributed by atoms with van der Waals surface area (Å²) in [4.78, 5) is 11.7. The van der Waals surface area contributed by atoms with Crippen LogP contribution in [0.25, 0.3) is 0 Å². The molecule has 4 nitrogen and oxygen atoms in total. The number of anilines is 1. The summed E-state index contributed by atoms with van der Waals surface area (Å²) in [7, 11) is 0. The predicted octanol–water partition coefficient (Wildman–Crippen LogP) is 2.36. The normalized spacial score (nSPS) is 16.6. The molecule has 106 valence electrons. The van der Waals surface area contributed by atoms with Gasteiger partial charge in [-0.1, -0.05) is 0 Å². The lowest BCUT2D eigenvalue weighted by atomic mass is 9.95. The van der Waals surface area contributed by atoms with Gasteiger partial charge in [-0.05, 0) is 43.0 Å². The maximum Gasteiger partial charge on any atom is 0.334 e. The number of rotatable bonds is 3. The van der Waals surface area contributed by atoms with Gasteiger partial charge in [0.2, 0.25) is 0 Å². The van der Waals surface area contributed by atoms with Crippen LogP contribution in [0.3, 0.4) is 0 Å². The first-order valence-corrected chi connectivity index (χ1v) is 6.65. The Balaban J connectivity index is 2.09. The molecule has 0 aliphatic carbocycles. The summed E-state index contributed by atoms with van der Waals surface area (Å²) in [5.74, 6) is 2.83. The fraction of sp³-hybridized carbons (Fsp3) is 0.400. The molecule has 2 amide bonds. The molecule has 1 aromatic carbocycles. The van der Waals surface area contributed by atoms with Crippen molar-refractivity contribution in [2.45, 2.75) is 19.3 Å². The molecule has 0 aromatic heterocycles. The minimum absolute atomic E-state index is 0.342. The molecule has 1 aliphatic heterocycles. The fourth-order valence-corrected chi connectivity index (χ4v) is 2.50. The molecule has 5 heteroatoms. The average Bonchev–Trinajstić information content (AvgIpc) is 2.43. The molecule has 2 N–H and O–H groups in total. The monoisotopic (exact) mass is 275 g/mol. The molecule has 0 saturated carbocycles. The number of hydrogen-bond acceptors (Lipinski definition) is 2. The number of halogens is 1. The third-order valence-corrected chi connectivity index (χ3v) is 3.56. The molecule has 0 unspecified atom stereocenters. The largest absolute Gasteiger partial charge is 0.350 e. The predicted molar refractivity (Wildman–Crippen MR) is 76.2 cm³/mol. The molecule has 1 saturated heterocycles. The number of carbonyl (C=O) groups excluding carboxylic acids is 1. The first-order valence-electron chi connectivity index (χ1n) is 6.65. The van der Waals surface area contributed by atoms with Crippen LogP contribution in [0, 0.1) is 24.1 Å². The first kappa shape index (κ1) is 14.4. The van der Waals surface area contributed by atoms with Gasteiger partial charge in [-0.25, -0.2) is 19.2 Å². The van der Waals surface area contributed by atoms with E-state index < -0.39 is 6.03 Å². The van der Waals surface area contributed by atoms with E-state index in [1.54, 1.807) is 12.1 Å². The first-order chi connectivity index (χ1) is 9.61. The average molecular weight is 275 g/mol. The van der Waals surface area contributed by atoms with Gasteiger partial charge in [-0.15, -0.1) is 12.3 Å². The van der Waals surface area contributed by atoms with E-state index >= 15 is 0 Å². The van der Waals surface area contributed by atoms with Crippen molar-refractivity contribution in [2.24, 2.45) is 11.7 Å². The van der Waals surface area contributed by atoms with Crippen LogP contribution < -0.4 is 10.7 Å². The molecular formula is C15H18FN3O. The Morgan fingerprint density at radius 2 is 2.00 bits per heavy atom. The van der Waals surface area contributed by atoms with Crippen molar-refractivity contribution in [1.82, 2.24) is 5.01 Å². The van der Waals surface area contributed by atoms with E-state index in [0.717, 1.165) is 19.3 Å². The van der Waals surface area contributed by atoms with Crippen LogP contribution in [-0.2, 0) is 0 Å². The number of primary amides is 1. The minimum Gasteiger partial charge on any atom is -0.350 e. The van der Waals surface area contributed by atoms with E-state index in [9.17, 15) is 9.18 Å². The summed E-state index contributed by atoms with van der Waals surface area (Å²) in [5.41, 5.74) is 6.03. The van der Waals surface area contributed by atoms with Crippen molar-refractivity contribution >= 4 is 11.7 Å². The van der Waals surface area contributed by atoms with E-state index in [1.165, 1.54) is 17.1 Å². The van der Waals surface area contributed by atoms with Gasteiger partial charge in [0, 0.05) is 19.5 Å². The Labute approximate surface area is 118 Å². The van der Waals surface area contributed by atoms with Crippen molar-refractivity contribution < 1.29 is 9.18 Å². The van der Waals surface area contributed by atoms with Crippen LogP contribution in [0.2, 0.25) is 0 Å². The maximum absolute atomic E-state index is 13.0. The van der Waals surface area contributed by atoms with Crippen LogP contribution in [0.1, 0.15) is 19.3 Å². The van der Waals surface area contributed by atoms with Crippen LogP contribution in [0.5, 0.6) is 0 Å². The third-order valence-electron chi connectivity index (χ3n) is 3.56. The summed E-state index contributed by atoms with van der Waals surface area (Å²) in [5, 5.41) is 3.30. The van der Waals surface area contributed by atoms with Crippen LogP contribution in [0.4, 0.5) is 14.9 Å². The van der Waals surface area contributed by atoms with Crippen molar-refractivity contribution in [3.63, 3.8) is 0 Å². The Morgan fingerprint density at radius 1 is 1.40 bits per heavy atom. The number of terminal acetylenes is 1. The number of hydrazine groups is 1. The number of urea groups is 1. The molecule has 0 bridgehead atoms. The van der Waals surface area contributed by atoms with Crippen LogP contribution >= 0.6 is 0 Å². The molecule has 0 spiro atoms. The lowest BCUT2D eigenvalue weighted by Crippen LogP contribution is -2.52. The van der Waals surface area contributed by atoms with Crippen LogP contribution in [0.15, 0.2) is 24.3 Å². The SMILES string of the molecule is C#CCC1CCN(N(C(N)=O)c2ccc(F)cc2)CC1. The van der Waals surface area contributed by atoms with Gasteiger partial charge in [-0.3, -0.25) is 0 Å². The fourth-order valence-electron chi connectivity index (χ4n) is 2.50. The number of carbonyl (C=O) groups is 1. The van der Waals surface area contributed by atoms with Crippen molar-refractivity contribution in [3.8, 4) is 12.3 Å². The summed E-state index contributed by atoms with van der Waals surface area (Å²) in [6.45, 7) is 1.43. The molecule has 1 aromatic rings. The number of piperidine rings is 1. The lowest BCUT2D eigenvalue weighted by molar-refractivity contribution is 0.170. The Hall–Kier alpha value is -2.06. The van der Waals surface area contributed by atoms with Crippen molar-refractivity contribution in [2.75, 3.05) is 18.1 Å². The number of amides is 2. The second kappa shape index (κ2) is 6.40. The summed E-state index contributed by atoms with van der Waals surface area (Å²) in [6.07, 6.45) is 7.94. The quantitative estimate of drug-likeness (QED) is 0.861. The Bertz CT molecular complexity index is 501. The summed E-state index contributed by atoms with van der Waals surface area (Å²) >= 11 is 0. The number of nitrogens with two attached hydrogens (primary N) is 1. The number of nitrogens with zero attached hydrogens (tertiary/aromatic N) is 2. The lowest BCUT2D eigenvalue weighted by Gasteiger charge is -2.38. The van der Waals surface area contributed by atoms with Gasteiger partial charge < -0.3 is 5.73 Å². The highest BCUT2D eigenvalue weighted by Crippen LogP contribution is 2.24. The zero-order valence-corrected chi connectivity index (χ0v) is 11.3. The van der Waals surface area contributed by atoms with E-state index in [-0.39, 0.29) is 5.82 Å². The van der Waals surface area contributed by atoms with E-state index in [1.807, 2.05) is 5.01 Å². The summed E-state index contributed by atoms with van der Waals surface area (Å²) in [6, 6.07) is 5.17. The smallest absolute Gasteiger partial charge is 0.334 e. The summed E-state index contributed by atoms with van der Waals surface area (Å²) < 4.78 is 13.0. The number of benzene rings is 1. The third kappa shape index (κ3) is 3.28. The maximum atomic E-state index is 13.0. The molecule has 1 heterocycles. The standard InChI is InChI=1S/C15H18FN3O/c1-2-3-12-8-10-18(11-9-12)19(15(17)20)14-6-4-13(16)5-7-14/h1,4-7,12H,3,8-11H2,(H2,17,20). The van der Waals surface area contributed by atoms with E-state index in [4.69, 9.17) is 12.2 Å². The second-order valence-electron chi connectivity index (χ2n) is 4.93. The van der Waals surface area contributed by atoms with Gasteiger partial charge in [-0.2, -0.15) is 0 Å². The molecule has 1 fully saturated rings. The molecule has 2 rings (SSSR count). The zero-order chi connectivity index (χ0) is 14.5. The van der Waals surface area contributed by atoms with E-state index in [2.05, 4.69) is 5.92 Å². The van der Waals surface area contributed by atoms with Gasteiger partial charge >= 0.3 is 6.03 Å². The Kier molecular flexibility index (Phi) is 4.59. The van der Waals surface area contributed by atoms with Gasteiger partial charge in [0.1, 0.15) is 5.82 Å². The van der Waals surface area contributed by atoms with Gasteiger partial charge in [0.05, 0.1) is 5.69 Å². The molecule has 0 atom stereocenters.